The Morgan fingerprint density at radius 1 is 1.21 bits per heavy atom. The Morgan fingerprint density at radius 2 is 1.97 bits per heavy atom. The topological polar surface area (TPSA) is 80.8 Å². The third-order valence-corrected chi connectivity index (χ3v) is 6.70. The van der Waals surface area contributed by atoms with Crippen LogP contribution in [-0.2, 0) is 26.2 Å². The molecule has 4 aromatic rings. The number of thiazole rings is 1. The standard InChI is InChI=1S/C22H20F4N6OS/c1-31-18(14(10-27-31)21-29-15(11-34-21)22(24,25)26)20(33)28-13-7-8-32-16(9-13)30-17(19(32)23)12-5-3-2-4-6-12/h2-6,10-11,13,20,28,33H,7-9H2,1H3. The van der Waals surface area contributed by atoms with E-state index in [1.807, 2.05) is 18.2 Å². The zero-order valence-corrected chi connectivity index (χ0v) is 18.7. The Kier molecular flexibility index (Phi) is 5.74. The first-order chi connectivity index (χ1) is 16.2. The Bertz CT molecular complexity index is 1310. The minimum Gasteiger partial charge on any atom is -0.373 e. The Morgan fingerprint density at radius 3 is 2.68 bits per heavy atom. The SMILES string of the molecule is Cn1ncc(-c2nc(C(F)(F)F)cs2)c1C(O)NC1CCn2c(nc(-c3ccccc3)c2F)C1. The van der Waals surface area contributed by atoms with Crippen molar-refractivity contribution in [2.24, 2.45) is 7.05 Å². The van der Waals surface area contributed by atoms with E-state index >= 15 is 0 Å². The van der Waals surface area contributed by atoms with Crippen LogP contribution in [0.4, 0.5) is 17.6 Å². The highest BCUT2D eigenvalue weighted by Gasteiger charge is 2.35. The molecule has 0 aliphatic carbocycles. The number of imidazole rings is 1. The molecule has 2 N–H and O–H groups in total. The van der Waals surface area contributed by atoms with Gasteiger partial charge in [-0.1, -0.05) is 30.3 Å². The molecular formula is C22H20F4N6OS. The van der Waals surface area contributed by atoms with Crippen LogP contribution in [0.5, 0.6) is 0 Å². The number of aromatic nitrogens is 5. The van der Waals surface area contributed by atoms with Gasteiger partial charge in [-0.15, -0.1) is 11.3 Å². The monoisotopic (exact) mass is 492 g/mol. The van der Waals surface area contributed by atoms with Crippen molar-refractivity contribution in [3.8, 4) is 21.8 Å². The van der Waals surface area contributed by atoms with Gasteiger partial charge in [-0.25, -0.2) is 9.97 Å². The predicted octanol–water partition coefficient (Wildman–Crippen LogP) is 4.16. The second-order valence-corrected chi connectivity index (χ2v) is 8.90. The normalized spacial score (nSPS) is 17.1. The van der Waals surface area contributed by atoms with Crippen molar-refractivity contribution >= 4 is 11.3 Å². The third-order valence-electron chi connectivity index (χ3n) is 5.82. The van der Waals surface area contributed by atoms with Crippen molar-refractivity contribution in [1.82, 2.24) is 29.6 Å². The number of aryl methyl sites for hydroxylation is 1. The summed E-state index contributed by atoms with van der Waals surface area (Å²) in [6.45, 7) is 0.380. The number of aliphatic hydroxyl groups is 1. The van der Waals surface area contributed by atoms with Gasteiger partial charge in [0.25, 0.3) is 0 Å². The van der Waals surface area contributed by atoms with E-state index in [1.54, 1.807) is 19.2 Å². The summed E-state index contributed by atoms with van der Waals surface area (Å²) in [5.41, 5.74) is 0.605. The number of benzene rings is 1. The maximum atomic E-state index is 14.9. The van der Waals surface area contributed by atoms with Crippen molar-refractivity contribution < 1.29 is 22.7 Å². The van der Waals surface area contributed by atoms with Gasteiger partial charge < -0.3 is 9.67 Å². The highest BCUT2D eigenvalue weighted by molar-refractivity contribution is 7.13. The number of aliphatic hydroxyl groups excluding tert-OH is 1. The lowest BCUT2D eigenvalue weighted by molar-refractivity contribution is -0.140. The van der Waals surface area contributed by atoms with E-state index in [2.05, 4.69) is 20.4 Å². The zero-order valence-electron chi connectivity index (χ0n) is 17.9. The fourth-order valence-electron chi connectivity index (χ4n) is 4.15. The van der Waals surface area contributed by atoms with Crippen molar-refractivity contribution in [3.05, 3.63) is 65.1 Å². The lowest BCUT2D eigenvalue weighted by Gasteiger charge is -2.27. The van der Waals surface area contributed by atoms with Crippen molar-refractivity contribution in [2.75, 3.05) is 0 Å². The van der Waals surface area contributed by atoms with Crippen molar-refractivity contribution in [2.45, 2.75) is 37.8 Å². The molecule has 0 fully saturated rings. The van der Waals surface area contributed by atoms with Gasteiger partial charge in [0.05, 0.1) is 17.5 Å². The fraction of sp³-hybridized carbons (Fsp3) is 0.318. The quantitative estimate of drug-likeness (QED) is 0.323. The highest BCUT2D eigenvalue weighted by Crippen LogP contribution is 2.36. The summed E-state index contributed by atoms with van der Waals surface area (Å²) in [5.74, 6) is 0.172. The molecule has 2 unspecified atom stereocenters. The van der Waals surface area contributed by atoms with Crippen LogP contribution in [0.3, 0.4) is 0 Å². The first-order valence-electron chi connectivity index (χ1n) is 10.5. The van der Waals surface area contributed by atoms with Gasteiger partial charge in [-0.3, -0.25) is 10.00 Å². The second kappa shape index (κ2) is 8.60. The Hall–Kier alpha value is -3.09. The first-order valence-corrected chi connectivity index (χ1v) is 11.4. The molecule has 0 saturated heterocycles. The molecule has 0 radical (unpaired) electrons. The van der Waals surface area contributed by atoms with Gasteiger partial charge in [0.2, 0.25) is 5.95 Å². The van der Waals surface area contributed by atoms with E-state index < -0.39 is 24.0 Å². The molecule has 1 aromatic carbocycles. The average Bonchev–Trinajstić information content (AvgIpc) is 3.51. The molecule has 0 bridgehead atoms. The number of fused-ring (bicyclic) bond motifs is 1. The summed E-state index contributed by atoms with van der Waals surface area (Å²) in [6, 6.07) is 8.85. The molecule has 1 aliphatic rings. The predicted molar refractivity (Wildman–Crippen MR) is 117 cm³/mol. The molecule has 34 heavy (non-hydrogen) atoms. The van der Waals surface area contributed by atoms with Crippen LogP contribution < -0.4 is 5.32 Å². The molecule has 12 heteroatoms. The number of halogens is 4. The Balaban J connectivity index is 1.35. The van der Waals surface area contributed by atoms with Crippen LogP contribution in [0.15, 0.2) is 41.9 Å². The van der Waals surface area contributed by atoms with E-state index in [-0.39, 0.29) is 16.7 Å². The molecule has 1 aliphatic heterocycles. The van der Waals surface area contributed by atoms with E-state index in [0.29, 0.717) is 42.0 Å². The Labute approximate surface area is 195 Å². The summed E-state index contributed by atoms with van der Waals surface area (Å²) in [7, 11) is 1.59. The summed E-state index contributed by atoms with van der Waals surface area (Å²) in [4.78, 5) is 8.16. The minimum absolute atomic E-state index is 0.116. The summed E-state index contributed by atoms with van der Waals surface area (Å²) in [6.07, 6.45) is -3.47. The van der Waals surface area contributed by atoms with Crippen molar-refractivity contribution in [1.29, 1.82) is 0 Å². The highest BCUT2D eigenvalue weighted by atomic mass is 32.1. The number of nitrogens with one attached hydrogen (secondary N) is 1. The zero-order chi connectivity index (χ0) is 24.0. The number of rotatable bonds is 5. The number of nitrogens with zero attached hydrogens (tertiary/aromatic N) is 5. The molecule has 0 saturated carbocycles. The molecule has 4 heterocycles. The maximum Gasteiger partial charge on any atom is 0.434 e. The summed E-state index contributed by atoms with van der Waals surface area (Å²) >= 11 is 0.835. The van der Waals surface area contributed by atoms with E-state index in [4.69, 9.17) is 0 Å². The van der Waals surface area contributed by atoms with Gasteiger partial charge in [0.15, 0.2) is 5.69 Å². The molecule has 3 aromatic heterocycles. The maximum absolute atomic E-state index is 14.9. The molecular weight excluding hydrogens is 472 g/mol. The van der Waals surface area contributed by atoms with Gasteiger partial charge in [-0.05, 0) is 6.42 Å². The van der Waals surface area contributed by atoms with Crippen LogP contribution in [0.25, 0.3) is 21.8 Å². The van der Waals surface area contributed by atoms with Gasteiger partial charge in [-0.2, -0.15) is 22.7 Å². The van der Waals surface area contributed by atoms with Gasteiger partial charge in [0.1, 0.15) is 22.8 Å². The van der Waals surface area contributed by atoms with Crippen LogP contribution >= 0.6 is 11.3 Å². The number of hydrogen-bond donors (Lipinski definition) is 2. The fourth-order valence-corrected chi connectivity index (χ4v) is 5.00. The van der Waals surface area contributed by atoms with Gasteiger partial charge >= 0.3 is 6.18 Å². The summed E-state index contributed by atoms with van der Waals surface area (Å²) < 4.78 is 56.8. The van der Waals surface area contributed by atoms with Crippen LogP contribution in [0.1, 0.15) is 29.9 Å². The van der Waals surface area contributed by atoms with E-state index in [9.17, 15) is 22.7 Å². The largest absolute Gasteiger partial charge is 0.434 e. The summed E-state index contributed by atoms with van der Waals surface area (Å²) in [5, 5.41) is 19.2. The molecule has 0 amide bonds. The number of alkyl halides is 3. The smallest absolute Gasteiger partial charge is 0.373 e. The second-order valence-electron chi connectivity index (χ2n) is 8.05. The minimum atomic E-state index is -4.55. The lowest BCUT2D eigenvalue weighted by Crippen LogP contribution is -2.39. The molecule has 178 valence electrons. The lowest BCUT2D eigenvalue weighted by atomic mass is 10.1. The van der Waals surface area contributed by atoms with E-state index in [0.717, 1.165) is 16.7 Å². The van der Waals surface area contributed by atoms with Gasteiger partial charge in [0, 0.05) is 37.0 Å². The molecule has 2 atom stereocenters. The third kappa shape index (κ3) is 4.12. The van der Waals surface area contributed by atoms with Crippen LogP contribution in [0.2, 0.25) is 0 Å². The molecule has 7 nitrogen and oxygen atoms in total. The van der Waals surface area contributed by atoms with Crippen molar-refractivity contribution in [3.63, 3.8) is 0 Å². The number of hydrogen-bond acceptors (Lipinski definition) is 6. The van der Waals surface area contributed by atoms with Crippen LogP contribution in [-0.4, -0.2) is 35.5 Å². The first kappa shape index (κ1) is 22.7. The average molecular weight is 493 g/mol. The molecule has 0 spiro atoms. The molecule has 5 rings (SSSR count). The van der Waals surface area contributed by atoms with E-state index in [1.165, 1.54) is 15.4 Å². The van der Waals surface area contributed by atoms with Crippen LogP contribution in [0, 0.1) is 5.95 Å².